The van der Waals surface area contributed by atoms with E-state index >= 15 is 0 Å². The first-order valence-electron chi connectivity index (χ1n) is 9.80. The highest BCUT2D eigenvalue weighted by molar-refractivity contribution is 5.96. The predicted molar refractivity (Wildman–Crippen MR) is 108 cm³/mol. The number of carbonyl (C=O) groups excluding carboxylic acids is 1. The van der Waals surface area contributed by atoms with Gasteiger partial charge in [0.25, 0.3) is 5.91 Å². The molecule has 1 saturated heterocycles. The normalized spacial score (nSPS) is 14.5. The summed E-state index contributed by atoms with van der Waals surface area (Å²) in [7, 11) is 0. The highest BCUT2D eigenvalue weighted by atomic mass is 19.4. The van der Waals surface area contributed by atoms with E-state index in [4.69, 9.17) is 14.3 Å². The number of carbonyl (C=O) groups is 2. The molecule has 1 aromatic heterocycles. The Morgan fingerprint density at radius 1 is 1.06 bits per heavy atom. The van der Waals surface area contributed by atoms with Crippen LogP contribution < -0.4 is 5.32 Å². The zero-order valence-corrected chi connectivity index (χ0v) is 16.7. The van der Waals surface area contributed by atoms with Crippen LogP contribution in [0, 0.1) is 0 Å². The molecule has 1 aliphatic heterocycles. The summed E-state index contributed by atoms with van der Waals surface area (Å²) in [6.07, 6.45) is -6.01. The summed E-state index contributed by atoms with van der Waals surface area (Å²) in [6, 6.07) is 10.3. The zero-order valence-electron chi connectivity index (χ0n) is 16.7. The van der Waals surface area contributed by atoms with Crippen LogP contribution in [0.3, 0.4) is 0 Å². The molecule has 7 nitrogen and oxygen atoms in total. The van der Waals surface area contributed by atoms with Gasteiger partial charge in [0, 0.05) is 24.0 Å². The van der Waals surface area contributed by atoms with Gasteiger partial charge in [0.1, 0.15) is 11.3 Å². The first kappa shape index (κ1) is 21.7. The number of ether oxygens (including phenoxy) is 1. The van der Waals surface area contributed by atoms with Crippen molar-refractivity contribution in [1.82, 2.24) is 10.2 Å². The molecule has 10 heteroatoms. The largest absolute Gasteiger partial charge is 0.465 e. The van der Waals surface area contributed by atoms with Gasteiger partial charge in [-0.1, -0.05) is 12.1 Å². The van der Waals surface area contributed by atoms with Crippen molar-refractivity contribution in [3.8, 4) is 11.1 Å². The molecule has 2 amide bonds. The van der Waals surface area contributed by atoms with Crippen LogP contribution in [0.1, 0.15) is 21.7 Å². The van der Waals surface area contributed by atoms with Gasteiger partial charge in [-0.05, 0) is 41.5 Å². The number of carboxylic acid groups (broad SMARTS) is 1. The Labute approximate surface area is 180 Å². The maximum absolute atomic E-state index is 13.7. The van der Waals surface area contributed by atoms with Crippen molar-refractivity contribution < 1.29 is 37.0 Å². The van der Waals surface area contributed by atoms with Crippen molar-refractivity contribution in [2.75, 3.05) is 26.3 Å². The third-order valence-electron chi connectivity index (χ3n) is 5.13. The molecule has 4 rings (SSSR count). The van der Waals surface area contributed by atoms with E-state index in [2.05, 4.69) is 5.32 Å². The van der Waals surface area contributed by atoms with Crippen LogP contribution in [0.5, 0.6) is 0 Å². The number of rotatable bonds is 4. The summed E-state index contributed by atoms with van der Waals surface area (Å²) in [5.41, 5.74) is -0.264. The fraction of sp³-hybridized carbons (Fsp3) is 0.273. The maximum Gasteiger partial charge on any atom is 0.420 e. The monoisotopic (exact) mass is 448 g/mol. The number of fused-ring (bicyclic) bond motifs is 1. The maximum atomic E-state index is 13.7. The Bertz CT molecular complexity index is 1170. The molecule has 2 aromatic carbocycles. The Hall–Kier alpha value is -3.53. The Kier molecular flexibility index (Phi) is 5.79. The summed E-state index contributed by atoms with van der Waals surface area (Å²) in [5, 5.41) is 11.0. The molecule has 0 unspecified atom stereocenters. The Morgan fingerprint density at radius 2 is 1.81 bits per heavy atom. The third kappa shape index (κ3) is 4.54. The van der Waals surface area contributed by atoms with Gasteiger partial charge < -0.3 is 24.5 Å². The number of benzene rings is 2. The molecule has 0 aliphatic carbocycles. The van der Waals surface area contributed by atoms with Crippen molar-refractivity contribution in [2.24, 2.45) is 0 Å². The van der Waals surface area contributed by atoms with Gasteiger partial charge in [0.05, 0.1) is 25.3 Å². The fourth-order valence-electron chi connectivity index (χ4n) is 3.61. The summed E-state index contributed by atoms with van der Waals surface area (Å²) in [4.78, 5) is 25.1. The molecule has 0 radical (unpaired) electrons. The predicted octanol–water partition coefficient (Wildman–Crippen LogP) is 4.36. The standard InChI is InChI=1S/C22H19F3N2O5/c23-22(24,25)18-11-15(9-16-10-17(32-19(16)18)12-26-21(29)30)13-2-1-3-14(8-13)20(28)27-4-6-31-7-5-27/h1-3,8-11,26H,4-7,12H2,(H,29,30). The van der Waals surface area contributed by atoms with Crippen LogP contribution in [0.2, 0.25) is 0 Å². The molecule has 0 bridgehead atoms. The number of alkyl halides is 3. The number of hydrogen-bond donors (Lipinski definition) is 2. The van der Waals surface area contributed by atoms with Crippen molar-refractivity contribution >= 4 is 23.0 Å². The summed E-state index contributed by atoms with van der Waals surface area (Å²) in [5.74, 6) is -0.154. The SMILES string of the molecule is O=C(O)NCc1cc2cc(-c3cccc(C(=O)N4CCOCC4)c3)cc(C(F)(F)F)c2o1. The summed E-state index contributed by atoms with van der Waals surface area (Å²) in [6.45, 7) is 1.53. The average molecular weight is 448 g/mol. The molecule has 2 N–H and O–H groups in total. The molecular formula is C22H19F3N2O5. The zero-order chi connectivity index (χ0) is 22.9. The van der Waals surface area contributed by atoms with Crippen molar-refractivity contribution in [2.45, 2.75) is 12.7 Å². The molecule has 1 aliphatic rings. The van der Waals surface area contributed by atoms with E-state index in [0.29, 0.717) is 37.4 Å². The highest BCUT2D eigenvalue weighted by Gasteiger charge is 2.35. The van der Waals surface area contributed by atoms with Gasteiger partial charge in [0.2, 0.25) is 0 Å². The molecule has 0 atom stereocenters. The fourth-order valence-corrected chi connectivity index (χ4v) is 3.61. The smallest absolute Gasteiger partial charge is 0.420 e. The van der Waals surface area contributed by atoms with E-state index in [1.807, 2.05) is 0 Å². The Balaban J connectivity index is 1.73. The van der Waals surface area contributed by atoms with E-state index in [0.717, 1.165) is 6.07 Å². The van der Waals surface area contributed by atoms with Gasteiger partial charge >= 0.3 is 12.3 Å². The van der Waals surface area contributed by atoms with E-state index < -0.39 is 17.8 Å². The van der Waals surface area contributed by atoms with Crippen LogP contribution >= 0.6 is 0 Å². The third-order valence-corrected chi connectivity index (χ3v) is 5.13. The van der Waals surface area contributed by atoms with Gasteiger partial charge in [-0.15, -0.1) is 0 Å². The van der Waals surface area contributed by atoms with E-state index in [1.165, 1.54) is 12.1 Å². The Morgan fingerprint density at radius 3 is 2.50 bits per heavy atom. The number of furan rings is 1. The number of halogens is 3. The second kappa shape index (κ2) is 8.54. The van der Waals surface area contributed by atoms with Crippen molar-refractivity contribution in [1.29, 1.82) is 0 Å². The molecule has 2 heterocycles. The summed E-state index contributed by atoms with van der Waals surface area (Å²) >= 11 is 0. The molecule has 0 spiro atoms. The number of nitrogens with one attached hydrogen (secondary N) is 1. The molecule has 1 fully saturated rings. The number of hydrogen-bond acceptors (Lipinski definition) is 4. The van der Waals surface area contributed by atoms with E-state index in [1.54, 1.807) is 29.2 Å². The van der Waals surface area contributed by atoms with Crippen LogP contribution in [-0.4, -0.2) is 48.3 Å². The van der Waals surface area contributed by atoms with E-state index in [-0.39, 0.29) is 34.7 Å². The second-order valence-electron chi connectivity index (χ2n) is 7.30. The lowest BCUT2D eigenvalue weighted by atomic mass is 9.98. The van der Waals surface area contributed by atoms with Crippen molar-refractivity contribution in [3.63, 3.8) is 0 Å². The molecule has 0 saturated carbocycles. The van der Waals surface area contributed by atoms with Crippen LogP contribution in [-0.2, 0) is 17.5 Å². The molecule has 168 valence electrons. The van der Waals surface area contributed by atoms with Crippen LogP contribution in [0.4, 0.5) is 18.0 Å². The minimum Gasteiger partial charge on any atom is -0.465 e. The lowest BCUT2D eigenvalue weighted by Crippen LogP contribution is -2.40. The minimum atomic E-state index is -4.69. The first-order valence-corrected chi connectivity index (χ1v) is 9.80. The minimum absolute atomic E-state index is 0.0568. The lowest BCUT2D eigenvalue weighted by molar-refractivity contribution is -0.136. The van der Waals surface area contributed by atoms with Gasteiger partial charge in [-0.3, -0.25) is 4.79 Å². The van der Waals surface area contributed by atoms with Gasteiger partial charge in [-0.25, -0.2) is 4.79 Å². The van der Waals surface area contributed by atoms with E-state index in [9.17, 15) is 22.8 Å². The van der Waals surface area contributed by atoms with Crippen LogP contribution in [0.25, 0.3) is 22.1 Å². The quantitative estimate of drug-likeness (QED) is 0.619. The number of amides is 2. The average Bonchev–Trinajstić information content (AvgIpc) is 3.19. The number of nitrogens with zero attached hydrogens (tertiary/aromatic N) is 1. The molecular weight excluding hydrogens is 429 g/mol. The molecule has 32 heavy (non-hydrogen) atoms. The first-order chi connectivity index (χ1) is 15.2. The summed E-state index contributed by atoms with van der Waals surface area (Å²) < 4.78 is 51.8. The topological polar surface area (TPSA) is 92.0 Å². The van der Waals surface area contributed by atoms with Crippen LogP contribution in [0.15, 0.2) is 46.9 Å². The highest BCUT2D eigenvalue weighted by Crippen LogP contribution is 2.39. The van der Waals surface area contributed by atoms with Gasteiger partial charge in [-0.2, -0.15) is 13.2 Å². The number of morpholine rings is 1. The van der Waals surface area contributed by atoms with Gasteiger partial charge in [0.15, 0.2) is 0 Å². The second-order valence-corrected chi connectivity index (χ2v) is 7.30. The lowest BCUT2D eigenvalue weighted by Gasteiger charge is -2.27. The van der Waals surface area contributed by atoms with Crippen molar-refractivity contribution in [3.05, 3.63) is 59.4 Å². The molecule has 3 aromatic rings.